The molecule has 3 nitrogen and oxygen atoms in total. The Morgan fingerprint density at radius 2 is 1.83 bits per heavy atom. The quantitative estimate of drug-likeness (QED) is 0.805. The molecule has 4 heteroatoms. The summed E-state index contributed by atoms with van der Waals surface area (Å²) < 4.78 is 18.7. The Balaban J connectivity index is 1.78. The van der Waals surface area contributed by atoms with Gasteiger partial charge in [-0.3, -0.25) is 4.79 Å². The van der Waals surface area contributed by atoms with Crippen molar-refractivity contribution in [2.24, 2.45) is 0 Å². The molecule has 3 rings (SSSR count). The molecule has 1 aliphatic rings. The molecular formula is C19H22FNO2. The summed E-state index contributed by atoms with van der Waals surface area (Å²) in [6.07, 6.45) is 5.79. The minimum atomic E-state index is -0.286. The average molecular weight is 315 g/mol. The van der Waals surface area contributed by atoms with E-state index in [0.29, 0.717) is 24.1 Å². The molecule has 1 saturated carbocycles. The second-order valence-electron chi connectivity index (χ2n) is 6.05. The standard InChI is InChI=1S/C19H22FNO2/c1-2-21(16-6-4-3-5-7-16)19(22)18-13-12-17(23-18)14-8-10-15(20)11-9-14/h8-13,16H,2-7H2,1H3. The molecule has 0 aliphatic heterocycles. The molecule has 0 unspecified atom stereocenters. The van der Waals surface area contributed by atoms with Crippen molar-refractivity contribution in [1.29, 1.82) is 0 Å². The predicted molar refractivity (Wildman–Crippen MR) is 87.7 cm³/mol. The van der Waals surface area contributed by atoms with Gasteiger partial charge < -0.3 is 9.32 Å². The fraction of sp³-hybridized carbons (Fsp3) is 0.421. The topological polar surface area (TPSA) is 33.5 Å². The number of amides is 1. The lowest BCUT2D eigenvalue weighted by Crippen LogP contribution is -2.41. The number of halogens is 1. The molecule has 0 atom stereocenters. The lowest BCUT2D eigenvalue weighted by molar-refractivity contribution is 0.0616. The highest BCUT2D eigenvalue weighted by molar-refractivity contribution is 5.92. The van der Waals surface area contributed by atoms with Crippen LogP contribution in [-0.2, 0) is 0 Å². The molecule has 0 radical (unpaired) electrons. The van der Waals surface area contributed by atoms with Gasteiger partial charge in [-0.2, -0.15) is 0 Å². The van der Waals surface area contributed by atoms with Crippen molar-refractivity contribution in [3.63, 3.8) is 0 Å². The van der Waals surface area contributed by atoms with Crippen molar-refractivity contribution >= 4 is 5.91 Å². The van der Waals surface area contributed by atoms with E-state index in [2.05, 4.69) is 0 Å². The van der Waals surface area contributed by atoms with Gasteiger partial charge in [-0.1, -0.05) is 19.3 Å². The highest BCUT2D eigenvalue weighted by Gasteiger charge is 2.26. The van der Waals surface area contributed by atoms with E-state index in [1.54, 1.807) is 24.3 Å². The van der Waals surface area contributed by atoms with E-state index < -0.39 is 0 Å². The van der Waals surface area contributed by atoms with Crippen molar-refractivity contribution in [2.45, 2.75) is 45.1 Å². The molecule has 2 aromatic rings. The van der Waals surface area contributed by atoms with Crippen molar-refractivity contribution < 1.29 is 13.6 Å². The van der Waals surface area contributed by atoms with Gasteiger partial charge in [0, 0.05) is 18.2 Å². The lowest BCUT2D eigenvalue weighted by atomic mass is 9.94. The van der Waals surface area contributed by atoms with Gasteiger partial charge in [-0.05, 0) is 56.2 Å². The molecule has 1 heterocycles. The Bertz CT molecular complexity index is 656. The minimum Gasteiger partial charge on any atom is -0.451 e. The van der Waals surface area contributed by atoms with E-state index >= 15 is 0 Å². The summed E-state index contributed by atoms with van der Waals surface area (Å²) in [6, 6.07) is 9.89. The average Bonchev–Trinajstić information content (AvgIpc) is 3.07. The Morgan fingerprint density at radius 1 is 1.13 bits per heavy atom. The van der Waals surface area contributed by atoms with Crippen molar-refractivity contribution in [1.82, 2.24) is 4.90 Å². The third kappa shape index (κ3) is 3.46. The summed E-state index contributed by atoms with van der Waals surface area (Å²) in [7, 11) is 0. The number of furan rings is 1. The minimum absolute atomic E-state index is 0.0484. The van der Waals surface area contributed by atoms with Crippen LogP contribution in [0.2, 0.25) is 0 Å². The zero-order valence-electron chi connectivity index (χ0n) is 13.4. The van der Waals surface area contributed by atoms with Crippen molar-refractivity contribution in [2.75, 3.05) is 6.54 Å². The second-order valence-corrected chi connectivity index (χ2v) is 6.05. The van der Waals surface area contributed by atoms with Crippen LogP contribution < -0.4 is 0 Å². The Kier molecular flexibility index (Phi) is 4.79. The van der Waals surface area contributed by atoms with Crippen LogP contribution >= 0.6 is 0 Å². The molecule has 23 heavy (non-hydrogen) atoms. The first kappa shape index (κ1) is 15.8. The van der Waals surface area contributed by atoms with E-state index in [4.69, 9.17) is 4.42 Å². The molecule has 1 aromatic heterocycles. The van der Waals surface area contributed by atoms with Crippen LogP contribution in [0.25, 0.3) is 11.3 Å². The largest absolute Gasteiger partial charge is 0.451 e. The number of hydrogen-bond acceptors (Lipinski definition) is 2. The number of benzene rings is 1. The normalized spacial score (nSPS) is 15.6. The Hall–Kier alpha value is -2.10. The van der Waals surface area contributed by atoms with Crippen LogP contribution in [0.15, 0.2) is 40.8 Å². The first-order valence-electron chi connectivity index (χ1n) is 8.36. The van der Waals surface area contributed by atoms with Crippen molar-refractivity contribution in [3.05, 3.63) is 48.0 Å². The van der Waals surface area contributed by atoms with E-state index in [-0.39, 0.29) is 11.7 Å². The smallest absolute Gasteiger partial charge is 0.289 e. The molecule has 0 spiro atoms. The van der Waals surface area contributed by atoms with Crippen LogP contribution in [-0.4, -0.2) is 23.4 Å². The number of nitrogens with zero attached hydrogens (tertiary/aromatic N) is 1. The number of carbonyl (C=O) groups is 1. The number of hydrogen-bond donors (Lipinski definition) is 0. The van der Waals surface area contributed by atoms with Gasteiger partial charge in [-0.25, -0.2) is 4.39 Å². The van der Waals surface area contributed by atoms with Gasteiger partial charge in [0.25, 0.3) is 5.91 Å². The highest BCUT2D eigenvalue weighted by Crippen LogP contribution is 2.26. The molecule has 122 valence electrons. The van der Waals surface area contributed by atoms with E-state index in [1.807, 2.05) is 11.8 Å². The third-order valence-electron chi connectivity index (χ3n) is 4.56. The van der Waals surface area contributed by atoms with E-state index in [9.17, 15) is 9.18 Å². The zero-order chi connectivity index (χ0) is 16.2. The van der Waals surface area contributed by atoms with Crippen LogP contribution in [0.3, 0.4) is 0 Å². The van der Waals surface area contributed by atoms with Crippen LogP contribution in [0.5, 0.6) is 0 Å². The summed E-state index contributed by atoms with van der Waals surface area (Å²) in [5.41, 5.74) is 0.770. The SMILES string of the molecule is CCN(C(=O)c1ccc(-c2ccc(F)cc2)o1)C1CCCCC1. The van der Waals surface area contributed by atoms with E-state index in [0.717, 1.165) is 18.4 Å². The number of carbonyl (C=O) groups excluding carboxylic acids is 1. The summed E-state index contributed by atoms with van der Waals surface area (Å²) in [5, 5.41) is 0. The van der Waals surface area contributed by atoms with Gasteiger partial charge in [-0.15, -0.1) is 0 Å². The summed E-state index contributed by atoms with van der Waals surface area (Å²) in [4.78, 5) is 14.7. The molecule has 1 aliphatic carbocycles. The van der Waals surface area contributed by atoms with Gasteiger partial charge in [0.2, 0.25) is 0 Å². The monoisotopic (exact) mass is 315 g/mol. The maximum absolute atomic E-state index is 13.0. The maximum atomic E-state index is 13.0. The molecule has 1 fully saturated rings. The molecule has 1 aromatic carbocycles. The fourth-order valence-corrected chi connectivity index (χ4v) is 3.32. The van der Waals surface area contributed by atoms with E-state index in [1.165, 1.54) is 31.4 Å². The molecule has 1 amide bonds. The van der Waals surface area contributed by atoms with Gasteiger partial charge in [0.15, 0.2) is 5.76 Å². The van der Waals surface area contributed by atoms with Gasteiger partial charge >= 0.3 is 0 Å². The van der Waals surface area contributed by atoms with Gasteiger partial charge in [0.05, 0.1) is 0 Å². The lowest BCUT2D eigenvalue weighted by Gasteiger charge is -2.33. The third-order valence-corrected chi connectivity index (χ3v) is 4.56. The van der Waals surface area contributed by atoms with Crippen LogP contribution in [0, 0.1) is 5.82 Å². The summed E-state index contributed by atoms with van der Waals surface area (Å²) >= 11 is 0. The first-order chi connectivity index (χ1) is 11.2. The second kappa shape index (κ2) is 6.99. The molecule has 0 N–H and O–H groups in total. The molecular weight excluding hydrogens is 293 g/mol. The van der Waals surface area contributed by atoms with Crippen LogP contribution in [0.4, 0.5) is 4.39 Å². The first-order valence-corrected chi connectivity index (χ1v) is 8.36. The Morgan fingerprint density at radius 3 is 2.48 bits per heavy atom. The van der Waals surface area contributed by atoms with Gasteiger partial charge in [0.1, 0.15) is 11.6 Å². The molecule has 0 saturated heterocycles. The van der Waals surface area contributed by atoms with Crippen LogP contribution in [0.1, 0.15) is 49.6 Å². The Labute approximate surface area is 136 Å². The highest BCUT2D eigenvalue weighted by atomic mass is 19.1. The zero-order valence-corrected chi connectivity index (χ0v) is 13.4. The maximum Gasteiger partial charge on any atom is 0.289 e. The summed E-state index contributed by atoms with van der Waals surface area (Å²) in [5.74, 6) is 0.614. The molecule has 0 bridgehead atoms. The van der Waals surface area contributed by atoms with Crippen molar-refractivity contribution in [3.8, 4) is 11.3 Å². The fourth-order valence-electron chi connectivity index (χ4n) is 3.32. The number of rotatable bonds is 4. The summed E-state index contributed by atoms with van der Waals surface area (Å²) in [6.45, 7) is 2.70. The predicted octanol–water partition coefficient (Wildman–Crippen LogP) is 4.88.